The van der Waals surface area contributed by atoms with Crippen LogP contribution in [0.3, 0.4) is 0 Å². The molecule has 0 saturated carbocycles. The summed E-state index contributed by atoms with van der Waals surface area (Å²) in [5.41, 5.74) is 0.780. The van der Waals surface area contributed by atoms with Crippen molar-refractivity contribution in [2.24, 2.45) is 13.0 Å². The van der Waals surface area contributed by atoms with Crippen molar-refractivity contribution in [1.29, 1.82) is 0 Å². The van der Waals surface area contributed by atoms with E-state index in [-0.39, 0.29) is 18.4 Å². The minimum atomic E-state index is -0.970. The number of ether oxygens (including phenoxy) is 1. The number of carbonyl (C=O) groups is 1. The molecule has 0 aliphatic carbocycles. The van der Waals surface area contributed by atoms with Gasteiger partial charge >= 0.3 is 0 Å². The Morgan fingerprint density at radius 2 is 2.08 bits per heavy atom. The zero-order valence-electron chi connectivity index (χ0n) is 14.8. The predicted octanol–water partition coefficient (Wildman–Crippen LogP) is 2.23. The highest BCUT2D eigenvalue weighted by Crippen LogP contribution is 2.30. The van der Waals surface area contributed by atoms with E-state index in [9.17, 15) is 9.90 Å². The number of aryl methyl sites for hydroxylation is 1. The molecule has 1 aromatic heterocycles. The highest BCUT2D eigenvalue weighted by molar-refractivity contribution is 6.00. The molecule has 1 heterocycles. The Labute approximate surface area is 142 Å². The third-order valence-electron chi connectivity index (χ3n) is 4.29. The molecule has 0 saturated heterocycles. The maximum atomic E-state index is 12.6. The molecule has 1 aromatic carbocycles. The quantitative estimate of drug-likeness (QED) is 0.851. The lowest BCUT2D eigenvalue weighted by Gasteiger charge is -2.27. The molecule has 1 unspecified atom stereocenters. The van der Waals surface area contributed by atoms with Crippen molar-refractivity contribution >= 4 is 5.91 Å². The summed E-state index contributed by atoms with van der Waals surface area (Å²) in [5.74, 6) is 0.407. The lowest BCUT2D eigenvalue weighted by atomic mass is 9.92. The normalized spacial score (nSPS) is 13.6. The van der Waals surface area contributed by atoms with Crippen molar-refractivity contribution in [2.75, 3.05) is 13.7 Å². The third kappa shape index (κ3) is 3.76. The van der Waals surface area contributed by atoms with Crippen LogP contribution in [0.25, 0.3) is 11.3 Å². The Morgan fingerprint density at radius 1 is 1.42 bits per heavy atom. The van der Waals surface area contributed by atoms with Crippen molar-refractivity contribution in [2.45, 2.75) is 26.4 Å². The molecular weight excluding hydrogens is 306 g/mol. The number of amides is 1. The molecule has 0 fully saturated rings. The molecule has 2 rings (SSSR count). The SMILES string of the molecule is COc1ccccc1-c1nn(C)cc1C(=O)NCC(C)(O)C(C)C. The molecule has 1 atom stereocenters. The monoisotopic (exact) mass is 331 g/mol. The highest BCUT2D eigenvalue weighted by atomic mass is 16.5. The Morgan fingerprint density at radius 3 is 2.71 bits per heavy atom. The van der Waals surface area contributed by atoms with E-state index in [0.717, 1.165) is 5.56 Å². The Hall–Kier alpha value is -2.34. The molecular formula is C18H25N3O3. The van der Waals surface area contributed by atoms with E-state index >= 15 is 0 Å². The lowest BCUT2D eigenvalue weighted by molar-refractivity contribution is 0.0142. The minimum Gasteiger partial charge on any atom is -0.496 e. The van der Waals surface area contributed by atoms with Gasteiger partial charge in [-0.05, 0) is 25.0 Å². The lowest BCUT2D eigenvalue weighted by Crippen LogP contribution is -2.44. The summed E-state index contributed by atoms with van der Waals surface area (Å²) in [6.45, 7) is 5.71. The second kappa shape index (κ2) is 7.05. The van der Waals surface area contributed by atoms with Gasteiger partial charge in [0.1, 0.15) is 11.4 Å². The number of carbonyl (C=O) groups excluding carboxylic acids is 1. The van der Waals surface area contributed by atoms with Gasteiger partial charge in [-0.25, -0.2) is 0 Å². The second-order valence-corrected chi connectivity index (χ2v) is 6.46. The van der Waals surface area contributed by atoms with E-state index < -0.39 is 5.60 Å². The number of para-hydroxylation sites is 1. The number of aliphatic hydroxyl groups is 1. The molecule has 6 nitrogen and oxygen atoms in total. The zero-order chi connectivity index (χ0) is 17.9. The summed E-state index contributed by atoms with van der Waals surface area (Å²) in [7, 11) is 3.35. The van der Waals surface area contributed by atoms with Gasteiger partial charge in [0.2, 0.25) is 0 Å². The van der Waals surface area contributed by atoms with E-state index in [1.807, 2.05) is 38.1 Å². The first kappa shape index (κ1) is 18.0. The Kier molecular flexibility index (Phi) is 5.29. The number of aromatic nitrogens is 2. The van der Waals surface area contributed by atoms with Crippen LogP contribution >= 0.6 is 0 Å². The average Bonchev–Trinajstić information content (AvgIpc) is 2.94. The van der Waals surface area contributed by atoms with Gasteiger partial charge in [-0.3, -0.25) is 9.48 Å². The van der Waals surface area contributed by atoms with Gasteiger partial charge in [0.15, 0.2) is 0 Å². The summed E-state index contributed by atoms with van der Waals surface area (Å²) in [4.78, 5) is 12.6. The van der Waals surface area contributed by atoms with Gasteiger partial charge in [0.05, 0.1) is 18.3 Å². The average molecular weight is 331 g/mol. The van der Waals surface area contributed by atoms with Crippen molar-refractivity contribution in [3.8, 4) is 17.0 Å². The topological polar surface area (TPSA) is 76.4 Å². The van der Waals surface area contributed by atoms with Crippen LogP contribution in [0.1, 0.15) is 31.1 Å². The first-order valence-corrected chi connectivity index (χ1v) is 7.94. The number of benzene rings is 1. The van der Waals surface area contributed by atoms with Gasteiger partial charge in [-0.15, -0.1) is 0 Å². The number of hydrogen-bond acceptors (Lipinski definition) is 4. The largest absolute Gasteiger partial charge is 0.496 e. The van der Waals surface area contributed by atoms with Gasteiger partial charge in [-0.1, -0.05) is 26.0 Å². The molecule has 0 bridgehead atoms. The molecule has 1 amide bonds. The van der Waals surface area contributed by atoms with Crippen molar-refractivity contribution in [1.82, 2.24) is 15.1 Å². The molecule has 6 heteroatoms. The molecule has 0 aliphatic heterocycles. The number of methoxy groups -OCH3 is 1. The number of nitrogens with zero attached hydrogens (tertiary/aromatic N) is 2. The molecule has 24 heavy (non-hydrogen) atoms. The van der Waals surface area contributed by atoms with Crippen LogP contribution in [0.15, 0.2) is 30.5 Å². The van der Waals surface area contributed by atoms with Crippen molar-refractivity contribution in [3.05, 3.63) is 36.0 Å². The number of rotatable bonds is 6. The molecule has 0 spiro atoms. The van der Waals surface area contributed by atoms with Gasteiger partial charge < -0.3 is 15.2 Å². The summed E-state index contributed by atoms with van der Waals surface area (Å²) in [6.07, 6.45) is 1.67. The Balaban J connectivity index is 2.30. The van der Waals surface area contributed by atoms with E-state index in [4.69, 9.17) is 4.74 Å². The summed E-state index contributed by atoms with van der Waals surface area (Å²) >= 11 is 0. The van der Waals surface area contributed by atoms with Crippen LogP contribution in [0.2, 0.25) is 0 Å². The van der Waals surface area contributed by atoms with Crippen molar-refractivity contribution < 1.29 is 14.6 Å². The van der Waals surface area contributed by atoms with Crippen molar-refractivity contribution in [3.63, 3.8) is 0 Å². The molecule has 2 aromatic rings. The maximum absolute atomic E-state index is 12.6. The van der Waals surface area contributed by atoms with Crippen LogP contribution < -0.4 is 10.1 Å². The second-order valence-electron chi connectivity index (χ2n) is 6.46. The highest BCUT2D eigenvalue weighted by Gasteiger charge is 2.27. The summed E-state index contributed by atoms with van der Waals surface area (Å²) in [5, 5.41) is 17.5. The molecule has 0 aliphatic rings. The fourth-order valence-corrected chi connectivity index (χ4v) is 2.25. The maximum Gasteiger partial charge on any atom is 0.255 e. The van der Waals surface area contributed by atoms with Crippen LogP contribution in [0.4, 0.5) is 0 Å². The summed E-state index contributed by atoms with van der Waals surface area (Å²) in [6, 6.07) is 7.43. The van der Waals surface area contributed by atoms with E-state index in [0.29, 0.717) is 17.0 Å². The number of nitrogens with one attached hydrogen (secondary N) is 1. The van der Waals surface area contributed by atoms with Gasteiger partial charge in [-0.2, -0.15) is 5.10 Å². The predicted molar refractivity (Wildman–Crippen MR) is 93.0 cm³/mol. The van der Waals surface area contributed by atoms with E-state index in [1.165, 1.54) is 0 Å². The third-order valence-corrected chi connectivity index (χ3v) is 4.29. The van der Waals surface area contributed by atoms with E-state index in [1.54, 1.807) is 32.0 Å². The van der Waals surface area contributed by atoms with Crippen LogP contribution in [-0.2, 0) is 7.05 Å². The summed E-state index contributed by atoms with van der Waals surface area (Å²) < 4.78 is 6.96. The van der Waals surface area contributed by atoms with Crippen LogP contribution in [-0.4, -0.2) is 40.0 Å². The van der Waals surface area contributed by atoms with Gasteiger partial charge in [0, 0.05) is 25.4 Å². The fraction of sp³-hybridized carbons (Fsp3) is 0.444. The smallest absolute Gasteiger partial charge is 0.255 e. The molecule has 130 valence electrons. The van der Waals surface area contributed by atoms with Crippen LogP contribution in [0, 0.1) is 5.92 Å². The number of hydrogen-bond donors (Lipinski definition) is 2. The van der Waals surface area contributed by atoms with Crippen LogP contribution in [0.5, 0.6) is 5.75 Å². The standard InChI is InChI=1S/C18H25N3O3/c1-12(2)18(3,23)11-19-17(22)14-10-21(4)20-16(14)13-8-6-7-9-15(13)24-5/h6-10,12,23H,11H2,1-5H3,(H,19,22). The molecule has 2 N–H and O–H groups in total. The first-order valence-electron chi connectivity index (χ1n) is 7.94. The fourth-order valence-electron chi connectivity index (χ4n) is 2.25. The minimum absolute atomic E-state index is 0.0281. The zero-order valence-corrected chi connectivity index (χ0v) is 14.8. The van der Waals surface area contributed by atoms with E-state index in [2.05, 4.69) is 10.4 Å². The molecule has 0 radical (unpaired) electrons. The van der Waals surface area contributed by atoms with Gasteiger partial charge in [0.25, 0.3) is 5.91 Å². The Bertz CT molecular complexity index is 720. The first-order chi connectivity index (χ1) is 11.3.